The van der Waals surface area contributed by atoms with Crippen LogP contribution >= 0.6 is 0 Å². The summed E-state index contributed by atoms with van der Waals surface area (Å²) >= 11 is 0. The standard InChI is InChI=1S/C15H18F4N2O2/c16-11-4-8(3-10(6-11)15(17,18)19)7-21-14(23)9-1-2-12(20)13(22)5-9/h3-4,6,9,12-13,22H,1-2,5,7,20H2,(H,21,23)/t9-,12+,13+/m0/s1. The summed E-state index contributed by atoms with van der Waals surface area (Å²) < 4.78 is 51.1. The Morgan fingerprint density at radius 2 is 2.00 bits per heavy atom. The Balaban J connectivity index is 1.98. The van der Waals surface area contributed by atoms with Crippen molar-refractivity contribution in [1.82, 2.24) is 5.32 Å². The van der Waals surface area contributed by atoms with Crippen LogP contribution in [0.25, 0.3) is 0 Å². The maximum absolute atomic E-state index is 13.3. The topological polar surface area (TPSA) is 75.4 Å². The van der Waals surface area contributed by atoms with Crippen LogP contribution in [0.3, 0.4) is 0 Å². The number of nitrogens with one attached hydrogen (secondary N) is 1. The minimum atomic E-state index is -4.65. The first-order valence-corrected chi connectivity index (χ1v) is 7.25. The lowest BCUT2D eigenvalue weighted by Gasteiger charge is -2.29. The number of nitrogens with two attached hydrogens (primary N) is 1. The Bertz CT molecular complexity index is 577. The molecule has 23 heavy (non-hydrogen) atoms. The number of benzene rings is 1. The summed E-state index contributed by atoms with van der Waals surface area (Å²) in [4.78, 5) is 12.0. The van der Waals surface area contributed by atoms with Crippen LogP contribution in [-0.4, -0.2) is 23.2 Å². The number of carbonyl (C=O) groups excluding carboxylic acids is 1. The van der Waals surface area contributed by atoms with Gasteiger partial charge in [0.25, 0.3) is 0 Å². The molecule has 0 bridgehead atoms. The van der Waals surface area contributed by atoms with E-state index in [4.69, 9.17) is 5.73 Å². The number of rotatable bonds is 3. The molecular weight excluding hydrogens is 316 g/mol. The zero-order chi connectivity index (χ0) is 17.2. The quantitative estimate of drug-likeness (QED) is 0.740. The Labute approximate surface area is 130 Å². The van der Waals surface area contributed by atoms with Gasteiger partial charge < -0.3 is 16.2 Å². The first-order valence-electron chi connectivity index (χ1n) is 7.25. The molecule has 4 nitrogen and oxygen atoms in total. The van der Waals surface area contributed by atoms with Crippen molar-refractivity contribution >= 4 is 5.91 Å². The van der Waals surface area contributed by atoms with Crippen molar-refractivity contribution in [1.29, 1.82) is 0 Å². The predicted octanol–water partition coefficient (Wildman–Crippen LogP) is 1.95. The number of alkyl halides is 3. The first kappa shape index (κ1) is 17.7. The Hall–Kier alpha value is -1.67. The van der Waals surface area contributed by atoms with E-state index < -0.39 is 29.6 Å². The van der Waals surface area contributed by atoms with Gasteiger partial charge in [-0.15, -0.1) is 0 Å². The molecule has 1 amide bonds. The molecule has 1 aliphatic rings. The fourth-order valence-electron chi connectivity index (χ4n) is 2.66. The van der Waals surface area contributed by atoms with Crippen molar-refractivity contribution < 1.29 is 27.5 Å². The average Bonchev–Trinajstić information content (AvgIpc) is 2.46. The maximum atomic E-state index is 13.3. The summed E-state index contributed by atoms with van der Waals surface area (Å²) in [5, 5.41) is 12.2. The minimum absolute atomic E-state index is 0.0266. The second-order valence-corrected chi connectivity index (χ2v) is 5.80. The van der Waals surface area contributed by atoms with Crippen molar-refractivity contribution in [3.8, 4) is 0 Å². The zero-order valence-electron chi connectivity index (χ0n) is 12.2. The van der Waals surface area contributed by atoms with Crippen molar-refractivity contribution in [2.75, 3.05) is 0 Å². The van der Waals surface area contributed by atoms with E-state index in [2.05, 4.69) is 5.32 Å². The fraction of sp³-hybridized carbons (Fsp3) is 0.533. The normalized spacial score (nSPS) is 25.2. The van der Waals surface area contributed by atoms with E-state index in [-0.39, 0.29) is 30.5 Å². The van der Waals surface area contributed by atoms with Crippen LogP contribution in [0.1, 0.15) is 30.4 Å². The van der Waals surface area contributed by atoms with Gasteiger partial charge in [0.1, 0.15) is 5.82 Å². The molecule has 0 aromatic heterocycles. The number of carbonyl (C=O) groups is 1. The SMILES string of the molecule is N[C@@H]1CC[C@H](C(=O)NCc2cc(F)cc(C(F)(F)F)c2)C[C@H]1O. The van der Waals surface area contributed by atoms with Crippen LogP contribution in [0.15, 0.2) is 18.2 Å². The summed E-state index contributed by atoms with van der Waals surface area (Å²) in [7, 11) is 0. The van der Waals surface area contributed by atoms with Gasteiger partial charge in [-0.2, -0.15) is 13.2 Å². The lowest BCUT2D eigenvalue weighted by atomic mass is 9.84. The van der Waals surface area contributed by atoms with Gasteiger partial charge in [-0.1, -0.05) is 0 Å². The molecule has 0 saturated heterocycles. The van der Waals surface area contributed by atoms with Crippen molar-refractivity contribution in [2.24, 2.45) is 11.7 Å². The third kappa shape index (κ3) is 4.65. The van der Waals surface area contributed by atoms with Crippen molar-refractivity contribution in [2.45, 2.75) is 44.1 Å². The zero-order valence-corrected chi connectivity index (χ0v) is 12.2. The number of aliphatic hydroxyl groups excluding tert-OH is 1. The summed E-state index contributed by atoms with van der Waals surface area (Å²) in [6, 6.07) is 1.79. The molecule has 1 aromatic carbocycles. The Morgan fingerprint density at radius 1 is 1.30 bits per heavy atom. The van der Waals surface area contributed by atoms with Crippen LogP contribution in [0.5, 0.6) is 0 Å². The van der Waals surface area contributed by atoms with Crippen LogP contribution in [0.2, 0.25) is 0 Å². The molecule has 8 heteroatoms. The van der Waals surface area contributed by atoms with E-state index in [9.17, 15) is 27.5 Å². The molecule has 3 atom stereocenters. The molecule has 2 rings (SSSR count). The van der Waals surface area contributed by atoms with Crippen molar-refractivity contribution in [3.63, 3.8) is 0 Å². The van der Waals surface area contributed by atoms with E-state index in [0.717, 1.165) is 12.1 Å². The Kier molecular flexibility index (Phi) is 5.26. The highest BCUT2D eigenvalue weighted by molar-refractivity contribution is 5.78. The second-order valence-electron chi connectivity index (χ2n) is 5.80. The molecule has 0 heterocycles. The molecule has 0 unspecified atom stereocenters. The summed E-state index contributed by atoms with van der Waals surface area (Å²) in [6.07, 6.45) is -4.21. The monoisotopic (exact) mass is 334 g/mol. The molecule has 4 N–H and O–H groups in total. The van der Waals surface area contributed by atoms with E-state index in [0.29, 0.717) is 18.9 Å². The van der Waals surface area contributed by atoms with Gasteiger partial charge in [-0.05, 0) is 43.0 Å². The molecule has 1 aliphatic carbocycles. The summed E-state index contributed by atoms with van der Waals surface area (Å²) in [5.74, 6) is -1.84. The number of aliphatic hydroxyl groups is 1. The lowest BCUT2D eigenvalue weighted by Crippen LogP contribution is -2.44. The minimum Gasteiger partial charge on any atom is -0.391 e. The van der Waals surface area contributed by atoms with E-state index in [1.54, 1.807) is 0 Å². The maximum Gasteiger partial charge on any atom is 0.416 e. The summed E-state index contributed by atoms with van der Waals surface area (Å²) in [6.45, 7) is -0.210. The van der Waals surface area contributed by atoms with E-state index in [1.165, 1.54) is 0 Å². The summed E-state index contributed by atoms with van der Waals surface area (Å²) in [5.41, 5.74) is 4.58. The van der Waals surface area contributed by atoms with Gasteiger partial charge in [0.15, 0.2) is 0 Å². The van der Waals surface area contributed by atoms with Crippen LogP contribution in [-0.2, 0) is 17.5 Å². The number of hydrogen-bond donors (Lipinski definition) is 3. The fourth-order valence-corrected chi connectivity index (χ4v) is 2.66. The second kappa shape index (κ2) is 6.84. The molecule has 0 spiro atoms. The van der Waals surface area contributed by atoms with Gasteiger partial charge in [-0.3, -0.25) is 4.79 Å². The van der Waals surface area contributed by atoms with E-state index in [1.807, 2.05) is 0 Å². The molecule has 1 saturated carbocycles. The Morgan fingerprint density at radius 3 is 2.61 bits per heavy atom. The smallest absolute Gasteiger partial charge is 0.391 e. The lowest BCUT2D eigenvalue weighted by molar-refractivity contribution is -0.137. The van der Waals surface area contributed by atoms with Crippen LogP contribution in [0, 0.1) is 11.7 Å². The number of halogens is 4. The molecule has 1 aromatic rings. The molecule has 128 valence electrons. The molecular formula is C15H18F4N2O2. The van der Waals surface area contributed by atoms with Crippen molar-refractivity contribution in [3.05, 3.63) is 35.1 Å². The van der Waals surface area contributed by atoms with Crippen LogP contribution in [0.4, 0.5) is 17.6 Å². The van der Waals surface area contributed by atoms with Gasteiger partial charge in [0.2, 0.25) is 5.91 Å². The highest BCUT2D eigenvalue weighted by Gasteiger charge is 2.32. The molecule has 0 aliphatic heterocycles. The van der Waals surface area contributed by atoms with Gasteiger partial charge in [-0.25, -0.2) is 4.39 Å². The highest BCUT2D eigenvalue weighted by Crippen LogP contribution is 2.30. The average molecular weight is 334 g/mol. The van der Waals surface area contributed by atoms with E-state index >= 15 is 0 Å². The molecule has 0 radical (unpaired) electrons. The number of hydrogen-bond acceptors (Lipinski definition) is 3. The van der Waals surface area contributed by atoms with Gasteiger partial charge in [0.05, 0.1) is 11.7 Å². The molecule has 1 fully saturated rings. The largest absolute Gasteiger partial charge is 0.416 e. The van der Waals surface area contributed by atoms with Gasteiger partial charge >= 0.3 is 6.18 Å². The highest BCUT2D eigenvalue weighted by atomic mass is 19.4. The van der Waals surface area contributed by atoms with Gasteiger partial charge in [0, 0.05) is 18.5 Å². The third-order valence-corrected chi connectivity index (χ3v) is 3.99. The van der Waals surface area contributed by atoms with Crippen LogP contribution < -0.4 is 11.1 Å². The first-order chi connectivity index (χ1) is 10.7. The number of amides is 1. The predicted molar refractivity (Wildman–Crippen MR) is 74.6 cm³/mol. The third-order valence-electron chi connectivity index (χ3n) is 3.99.